The first kappa shape index (κ1) is 23.3. The number of halogens is 3. The van der Waals surface area contributed by atoms with Crippen LogP contribution in [0, 0.1) is 5.92 Å². The highest BCUT2D eigenvalue weighted by Crippen LogP contribution is 2.32. The first-order chi connectivity index (χ1) is 14.8. The quantitative estimate of drug-likeness (QED) is 0.600. The van der Waals surface area contributed by atoms with Gasteiger partial charge in [-0.2, -0.15) is 13.2 Å². The minimum Gasteiger partial charge on any atom is -0.451 e. The summed E-state index contributed by atoms with van der Waals surface area (Å²) in [6.07, 6.45) is -2.61. The Hall–Kier alpha value is -2.32. The van der Waals surface area contributed by atoms with Crippen molar-refractivity contribution in [2.24, 2.45) is 5.92 Å². The van der Waals surface area contributed by atoms with Gasteiger partial charge in [0.05, 0.1) is 5.56 Å². The highest BCUT2D eigenvalue weighted by Gasteiger charge is 2.31. The average molecular weight is 438 g/mol. The molecule has 1 saturated heterocycles. The fourth-order valence-corrected chi connectivity index (χ4v) is 3.89. The Kier molecular flexibility index (Phi) is 7.78. The molecule has 0 bridgehead atoms. The molecule has 2 heterocycles. The van der Waals surface area contributed by atoms with Crippen molar-refractivity contribution in [3.05, 3.63) is 47.7 Å². The molecule has 170 valence electrons. The lowest BCUT2D eigenvalue weighted by molar-refractivity contribution is -0.137. The van der Waals surface area contributed by atoms with Gasteiger partial charge in [-0.05, 0) is 49.9 Å². The van der Waals surface area contributed by atoms with E-state index in [-0.39, 0.29) is 35.0 Å². The van der Waals surface area contributed by atoms with Gasteiger partial charge in [0, 0.05) is 44.5 Å². The number of benzene rings is 1. The molecule has 8 heteroatoms. The van der Waals surface area contributed by atoms with Gasteiger partial charge in [0.2, 0.25) is 0 Å². The van der Waals surface area contributed by atoms with Crippen LogP contribution in [0.15, 0.2) is 40.8 Å². The molecule has 0 saturated carbocycles. The van der Waals surface area contributed by atoms with Crippen LogP contribution in [-0.2, 0) is 10.9 Å². The third-order valence-electron chi connectivity index (χ3n) is 5.58. The van der Waals surface area contributed by atoms with Crippen molar-refractivity contribution in [2.75, 3.05) is 32.8 Å². The molecule has 1 aliphatic rings. The molecule has 3 rings (SSSR count). The van der Waals surface area contributed by atoms with Gasteiger partial charge in [-0.1, -0.05) is 19.1 Å². The predicted octanol–water partition coefficient (Wildman–Crippen LogP) is 4.83. The van der Waals surface area contributed by atoms with Crippen molar-refractivity contribution < 1.29 is 27.1 Å². The van der Waals surface area contributed by atoms with Gasteiger partial charge in [0.15, 0.2) is 5.76 Å². The van der Waals surface area contributed by atoms with E-state index in [1.54, 1.807) is 0 Å². The van der Waals surface area contributed by atoms with E-state index in [4.69, 9.17) is 9.15 Å². The largest absolute Gasteiger partial charge is 0.451 e. The number of carbonyl (C=O) groups is 1. The van der Waals surface area contributed by atoms with Crippen molar-refractivity contribution in [2.45, 2.75) is 38.9 Å². The summed E-state index contributed by atoms with van der Waals surface area (Å²) in [6.45, 7) is 8.35. The Morgan fingerprint density at radius 1 is 1.29 bits per heavy atom. The van der Waals surface area contributed by atoms with Crippen LogP contribution < -0.4 is 5.32 Å². The number of hydrogen-bond acceptors (Lipinski definition) is 4. The lowest BCUT2D eigenvalue weighted by atomic mass is 9.93. The van der Waals surface area contributed by atoms with Crippen molar-refractivity contribution in [1.29, 1.82) is 0 Å². The summed E-state index contributed by atoms with van der Waals surface area (Å²) in [4.78, 5) is 15.0. The molecular weight excluding hydrogens is 409 g/mol. The maximum absolute atomic E-state index is 12.9. The monoisotopic (exact) mass is 438 g/mol. The number of carbonyl (C=O) groups excluding carboxylic acids is 1. The third kappa shape index (κ3) is 6.33. The number of piperidine rings is 1. The molecule has 31 heavy (non-hydrogen) atoms. The van der Waals surface area contributed by atoms with Crippen LogP contribution in [0.25, 0.3) is 11.3 Å². The molecule has 1 aromatic heterocycles. The minimum atomic E-state index is -4.43. The number of nitrogens with zero attached hydrogens (tertiary/aromatic N) is 1. The van der Waals surface area contributed by atoms with Crippen molar-refractivity contribution in [3.63, 3.8) is 0 Å². The van der Waals surface area contributed by atoms with E-state index in [0.29, 0.717) is 0 Å². The van der Waals surface area contributed by atoms with Crippen LogP contribution in [0.3, 0.4) is 0 Å². The van der Waals surface area contributed by atoms with Gasteiger partial charge < -0.3 is 19.4 Å². The van der Waals surface area contributed by atoms with E-state index in [2.05, 4.69) is 17.1 Å². The number of hydrogen-bond donors (Lipinski definition) is 1. The number of ether oxygens (including phenoxy) is 1. The number of alkyl halides is 3. The van der Waals surface area contributed by atoms with E-state index in [1.165, 1.54) is 24.3 Å². The van der Waals surface area contributed by atoms with E-state index in [1.807, 2.05) is 6.92 Å². The van der Waals surface area contributed by atoms with Gasteiger partial charge in [-0.25, -0.2) is 0 Å². The van der Waals surface area contributed by atoms with Crippen LogP contribution in [0.5, 0.6) is 0 Å². The summed E-state index contributed by atoms with van der Waals surface area (Å²) in [5.41, 5.74) is -0.475. The number of likely N-dealkylation sites (tertiary alicyclic amines) is 1. The second-order valence-electron chi connectivity index (χ2n) is 7.94. The van der Waals surface area contributed by atoms with Crippen LogP contribution >= 0.6 is 0 Å². The van der Waals surface area contributed by atoms with Crippen LogP contribution in [-0.4, -0.2) is 49.7 Å². The molecular formula is C23H29F3N2O3. The summed E-state index contributed by atoms with van der Waals surface area (Å²) in [5.74, 6) is 0.259. The molecule has 0 spiro atoms. The normalized spacial score (nSPS) is 20.0. The zero-order chi connectivity index (χ0) is 22.4. The average Bonchev–Trinajstić information content (AvgIpc) is 3.23. The van der Waals surface area contributed by atoms with Crippen molar-refractivity contribution in [3.8, 4) is 11.3 Å². The van der Waals surface area contributed by atoms with Crippen LogP contribution in [0.2, 0.25) is 0 Å². The highest BCUT2D eigenvalue weighted by molar-refractivity contribution is 5.92. The molecule has 1 amide bonds. The Balaban J connectivity index is 1.56. The number of rotatable bonds is 8. The molecule has 1 aliphatic heterocycles. The summed E-state index contributed by atoms with van der Waals surface area (Å²) in [5, 5.41) is 3.02. The van der Waals surface area contributed by atoms with Crippen molar-refractivity contribution >= 4 is 5.91 Å². The topological polar surface area (TPSA) is 54.7 Å². The Bertz CT molecular complexity index is 866. The Morgan fingerprint density at radius 3 is 2.81 bits per heavy atom. The molecule has 2 unspecified atom stereocenters. The number of amides is 1. The van der Waals surface area contributed by atoms with Gasteiger partial charge in [0.25, 0.3) is 5.91 Å². The molecule has 2 atom stereocenters. The van der Waals surface area contributed by atoms with Gasteiger partial charge in [-0.3, -0.25) is 4.79 Å². The molecule has 2 aromatic rings. The van der Waals surface area contributed by atoms with E-state index in [9.17, 15) is 18.0 Å². The highest BCUT2D eigenvalue weighted by atomic mass is 19.4. The summed E-state index contributed by atoms with van der Waals surface area (Å²) >= 11 is 0. The zero-order valence-electron chi connectivity index (χ0n) is 17.9. The predicted molar refractivity (Wildman–Crippen MR) is 112 cm³/mol. The first-order valence-corrected chi connectivity index (χ1v) is 10.7. The molecule has 1 N–H and O–H groups in total. The van der Waals surface area contributed by atoms with Gasteiger partial charge in [-0.15, -0.1) is 0 Å². The SMILES string of the molecule is CCOCCCN1CCC(NC(=O)c2ccc(-c3cccc(C(F)(F)F)c3)o2)C(C)C1. The molecule has 1 aromatic carbocycles. The second kappa shape index (κ2) is 10.3. The number of furan rings is 1. The molecule has 1 fully saturated rings. The standard InChI is InChI=1S/C23H29F3N2O3/c1-3-30-13-5-11-28-12-10-19(16(2)15-28)27-22(29)21-9-8-20(31-21)17-6-4-7-18(14-17)23(24,25)26/h4,6-9,14,16,19H,3,5,10-13,15H2,1-2H3,(H,27,29). The Morgan fingerprint density at radius 2 is 2.10 bits per heavy atom. The first-order valence-electron chi connectivity index (χ1n) is 10.7. The lowest BCUT2D eigenvalue weighted by Gasteiger charge is -2.37. The molecule has 0 radical (unpaired) electrons. The van der Waals surface area contributed by atoms with Crippen LogP contribution in [0.1, 0.15) is 42.8 Å². The maximum Gasteiger partial charge on any atom is 0.416 e. The minimum absolute atomic E-state index is 0.0257. The van der Waals surface area contributed by atoms with Crippen LogP contribution in [0.4, 0.5) is 13.2 Å². The fraction of sp³-hybridized carbons (Fsp3) is 0.522. The lowest BCUT2D eigenvalue weighted by Crippen LogP contribution is -2.50. The van der Waals surface area contributed by atoms with E-state index >= 15 is 0 Å². The Labute approximate surface area is 180 Å². The zero-order valence-corrected chi connectivity index (χ0v) is 17.9. The molecule has 0 aliphatic carbocycles. The van der Waals surface area contributed by atoms with E-state index in [0.717, 1.165) is 57.8 Å². The van der Waals surface area contributed by atoms with E-state index < -0.39 is 11.7 Å². The summed E-state index contributed by atoms with van der Waals surface area (Å²) in [7, 11) is 0. The summed E-state index contributed by atoms with van der Waals surface area (Å²) in [6, 6.07) is 7.92. The number of nitrogens with one attached hydrogen (secondary N) is 1. The second-order valence-corrected chi connectivity index (χ2v) is 7.94. The fourth-order valence-electron chi connectivity index (χ4n) is 3.89. The smallest absolute Gasteiger partial charge is 0.416 e. The van der Waals surface area contributed by atoms with Gasteiger partial charge >= 0.3 is 6.18 Å². The summed E-state index contributed by atoms with van der Waals surface area (Å²) < 4.78 is 49.8. The third-order valence-corrected chi connectivity index (χ3v) is 5.58. The molecule has 5 nitrogen and oxygen atoms in total. The maximum atomic E-state index is 12.9. The van der Waals surface area contributed by atoms with Crippen molar-refractivity contribution in [1.82, 2.24) is 10.2 Å². The van der Waals surface area contributed by atoms with Gasteiger partial charge in [0.1, 0.15) is 5.76 Å².